The van der Waals surface area contributed by atoms with E-state index >= 15 is 0 Å². The summed E-state index contributed by atoms with van der Waals surface area (Å²) in [6, 6.07) is 5.89. The minimum absolute atomic E-state index is 0.0546. The zero-order valence-corrected chi connectivity index (χ0v) is 13.9. The predicted octanol–water partition coefficient (Wildman–Crippen LogP) is 4.14. The van der Waals surface area contributed by atoms with Gasteiger partial charge in [-0.05, 0) is 54.8 Å². The molecular formula is C18H28FNO. The van der Waals surface area contributed by atoms with Crippen molar-refractivity contribution >= 4 is 0 Å². The average molecular weight is 293 g/mol. The molecule has 1 fully saturated rings. The lowest BCUT2D eigenvalue weighted by molar-refractivity contribution is 0.151. The highest BCUT2D eigenvalue weighted by Crippen LogP contribution is 2.42. The van der Waals surface area contributed by atoms with Gasteiger partial charge in [0.1, 0.15) is 0 Å². The smallest absolute Gasteiger partial charge is 0.165 e. The lowest BCUT2D eigenvalue weighted by Crippen LogP contribution is -2.47. The molecule has 2 nitrogen and oxygen atoms in total. The fourth-order valence-electron chi connectivity index (χ4n) is 3.84. The number of hydrogen-bond donors (Lipinski definition) is 1. The van der Waals surface area contributed by atoms with Gasteiger partial charge in [0.25, 0.3) is 0 Å². The molecule has 0 spiro atoms. The van der Waals surface area contributed by atoms with Crippen LogP contribution in [0, 0.1) is 17.7 Å². The van der Waals surface area contributed by atoms with Crippen LogP contribution in [0.1, 0.15) is 45.6 Å². The summed E-state index contributed by atoms with van der Waals surface area (Å²) in [6.45, 7) is 6.79. The van der Waals surface area contributed by atoms with E-state index in [2.05, 4.69) is 26.1 Å². The maximum absolute atomic E-state index is 14.0. The molecule has 1 aliphatic carbocycles. The van der Waals surface area contributed by atoms with Gasteiger partial charge in [-0.2, -0.15) is 0 Å². The third kappa shape index (κ3) is 3.23. The van der Waals surface area contributed by atoms with Crippen LogP contribution in [0.5, 0.6) is 5.75 Å². The van der Waals surface area contributed by atoms with E-state index in [1.165, 1.54) is 26.4 Å². The standard InChI is InChI=1S/C18H28FNO/c1-12-6-8-14(16(10-12)20-4)18(2,3)13-7-9-17(21-5)15(19)11-13/h7,9,11-12,14,16,20H,6,8,10H2,1-5H3. The van der Waals surface area contributed by atoms with E-state index in [9.17, 15) is 4.39 Å². The Kier molecular flexibility index (Phi) is 4.92. The molecule has 1 aromatic carbocycles. The maximum Gasteiger partial charge on any atom is 0.165 e. The van der Waals surface area contributed by atoms with Gasteiger partial charge < -0.3 is 10.1 Å². The summed E-state index contributed by atoms with van der Waals surface area (Å²) in [5.41, 5.74) is 1.00. The van der Waals surface area contributed by atoms with Crippen molar-refractivity contribution in [3.63, 3.8) is 0 Å². The Morgan fingerprint density at radius 2 is 2.00 bits per heavy atom. The van der Waals surface area contributed by atoms with Crippen LogP contribution < -0.4 is 10.1 Å². The Labute approximate surface area is 128 Å². The molecule has 2 rings (SSSR count). The Bertz CT molecular complexity index is 486. The van der Waals surface area contributed by atoms with Crippen molar-refractivity contribution in [1.29, 1.82) is 0 Å². The lowest BCUT2D eigenvalue weighted by atomic mass is 9.63. The number of benzene rings is 1. The highest BCUT2D eigenvalue weighted by Gasteiger charge is 2.39. The van der Waals surface area contributed by atoms with Gasteiger partial charge in [-0.25, -0.2) is 4.39 Å². The predicted molar refractivity (Wildman–Crippen MR) is 85.3 cm³/mol. The number of rotatable bonds is 4. The van der Waals surface area contributed by atoms with Crippen LogP contribution in [-0.2, 0) is 5.41 Å². The Hall–Kier alpha value is -1.09. The highest BCUT2D eigenvalue weighted by molar-refractivity contribution is 5.34. The van der Waals surface area contributed by atoms with E-state index in [0.717, 1.165) is 11.5 Å². The summed E-state index contributed by atoms with van der Waals surface area (Å²) >= 11 is 0. The minimum atomic E-state index is -0.270. The highest BCUT2D eigenvalue weighted by atomic mass is 19.1. The van der Waals surface area contributed by atoms with E-state index < -0.39 is 0 Å². The van der Waals surface area contributed by atoms with Gasteiger partial charge in [0.15, 0.2) is 11.6 Å². The van der Waals surface area contributed by atoms with Crippen LogP contribution in [0.25, 0.3) is 0 Å². The third-order valence-corrected chi connectivity index (χ3v) is 5.31. The van der Waals surface area contributed by atoms with Gasteiger partial charge in [-0.3, -0.25) is 0 Å². The van der Waals surface area contributed by atoms with Gasteiger partial charge in [0, 0.05) is 6.04 Å². The molecule has 0 radical (unpaired) electrons. The summed E-state index contributed by atoms with van der Waals surface area (Å²) < 4.78 is 19.1. The summed E-state index contributed by atoms with van der Waals surface area (Å²) in [4.78, 5) is 0. The van der Waals surface area contributed by atoms with Gasteiger partial charge in [-0.1, -0.05) is 33.3 Å². The molecule has 1 saturated carbocycles. The van der Waals surface area contributed by atoms with Crippen molar-refractivity contribution in [1.82, 2.24) is 5.32 Å². The van der Waals surface area contributed by atoms with Crippen molar-refractivity contribution in [3.05, 3.63) is 29.6 Å². The van der Waals surface area contributed by atoms with Crippen molar-refractivity contribution in [2.45, 2.75) is 51.5 Å². The molecule has 118 valence electrons. The first-order valence-corrected chi connectivity index (χ1v) is 7.91. The molecule has 0 aromatic heterocycles. The summed E-state index contributed by atoms with van der Waals surface area (Å²) in [6.07, 6.45) is 3.64. The molecule has 0 aliphatic heterocycles. The Morgan fingerprint density at radius 3 is 2.57 bits per heavy atom. The van der Waals surface area contributed by atoms with Crippen molar-refractivity contribution in [2.24, 2.45) is 11.8 Å². The molecule has 3 unspecified atom stereocenters. The quantitative estimate of drug-likeness (QED) is 0.901. The molecular weight excluding hydrogens is 265 g/mol. The summed E-state index contributed by atoms with van der Waals surface area (Å²) in [5.74, 6) is 1.33. The van der Waals surface area contributed by atoms with E-state index in [-0.39, 0.29) is 11.2 Å². The SMILES string of the molecule is CNC1CC(C)CCC1C(C)(C)c1ccc(OC)c(F)c1. The normalized spacial score (nSPS) is 26.7. The second-order valence-corrected chi connectivity index (χ2v) is 6.99. The van der Waals surface area contributed by atoms with Crippen molar-refractivity contribution in [3.8, 4) is 5.75 Å². The van der Waals surface area contributed by atoms with Crippen LogP contribution in [0.2, 0.25) is 0 Å². The molecule has 3 heteroatoms. The van der Waals surface area contributed by atoms with E-state index in [1.807, 2.05) is 13.1 Å². The monoisotopic (exact) mass is 293 g/mol. The number of nitrogens with one attached hydrogen (secondary N) is 1. The van der Waals surface area contributed by atoms with E-state index in [1.54, 1.807) is 12.1 Å². The van der Waals surface area contributed by atoms with E-state index in [0.29, 0.717) is 17.7 Å². The molecule has 1 N–H and O–H groups in total. The first-order valence-electron chi connectivity index (χ1n) is 7.91. The van der Waals surface area contributed by atoms with Gasteiger partial charge in [-0.15, -0.1) is 0 Å². The van der Waals surface area contributed by atoms with E-state index in [4.69, 9.17) is 4.74 Å². The second kappa shape index (κ2) is 6.35. The van der Waals surface area contributed by atoms with Crippen LogP contribution in [0.15, 0.2) is 18.2 Å². The first-order chi connectivity index (χ1) is 9.90. The first kappa shape index (κ1) is 16.3. The van der Waals surface area contributed by atoms with Crippen LogP contribution in [-0.4, -0.2) is 20.2 Å². The maximum atomic E-state index is 14.0. The third-order valence-electron chi connectivity index (χ3n) is 5.31. The van der Waals surface area contributed by atoms with Crippen molar-refractivity contribution in [2.75, 3.05) is 14.2 Å². The fourth-order valence-corrected chi connectivity index (χ4v) is 3.84. The molecule has 0 amide bonds. The van der Waals surface area contributed by atoms with Crippen LogP contribution in [0.3, 0.4) is 0 Å². The van der Waals surface area contributed by atoms with Gasteiger partial charge in [0.05, 0.1) is 7.11 Å². The molecule has 0 heterocycles. The fraction of sp³-hybridized carbons (Fsp3) is 0.667. The molecule has 0 saturated heterocycles. The summed E-state index contributed by atoms with van der Waals surface area (Å²) in [7, 11) is 3.54. The zero-order valence-electron chi connectivity index (χ0n) is 13.9. The van der Waals surface area contributed by atoms with Gasteiger partial charge in [0.2, 0.25) is 0 Å². The van der Waals surface area contributed by atoms with Crippen LogP contribution in [0.4, 0.5) is 4.39 Å². The zero-order chi connectivity index (χ0) is 15.6. The second-order valence-electron chi connectivity index (χ2n) is 6.99. The lowest BCUT2D eigenvalue weighted by Gasteiger charge is -2.44. The number of ether oxygens (including phenoxy) is 1. The molecule has 21 heavy (non-hydrogen) atoms. The molecule has 1 aliphatic rings. The molecule has 3 atom stereocenters. The van der Waals surface area contributed by atoms with Gasteiger partial charge >= 0.3 is 0 Å². The topological polar surface area (TPSA) is 21.3 Å². The van der Waals surface area contributed by atoms with Crippen molar-refractivity contribution < 1.29 is 9.13 Å². The number of halogens is 1. The summed E-state index contributed by atoms with van der Waals surface area (Å²) in [5, 5.41) is 3.48. The Balaban J connectivity index is 2.29. The average Bonchev–Trinajstić information content (AvgIpc) is 2.46. The Morgan fingerprint density at radius 1 is 1.29 bits per heavy atom. The van der Waals surface area contributed by atoms with Crippen LogP contribution >= 0.6 is 0 Å². The number of methoxy groups -OCH3 is 1. The molecule has 1 aromatic rings. The molecule has 0 bridgehead atoms. The number of hydrogen-bond acceptors (Lipinski definition) is 2. The largest absolute Gasteiger partial charge is 0.494 e. The minimum Gasteiger partial charge on any atom is -0.494 e.